The predicted molar refractivity (Wildman–Crippen MR) is 101 cm³/mol. The maximum absolute atomic E-state index is 12.2. The van der Waals surface area contributed by atoms with Crippen LogP contribution in [-0.2, 0) is 10.0 Å². The number of hydrogen-bond donors (Lipinski definition) is 2. The maximum atomic E-state index is 12.2. The van der Waals surface area contributed by atoms with Gasteiger partial charge in [-0.15, -0.1) is 11.3 Å². The molecule has 24 heavy (non-hydrogen) atoms. The molecular weight excluding hydrogens is 387 g/mol. The average molecular weight is 399 g/mol. The lowest BCUT2D eigenvalue weighted by atomic mass is 10.2. The second kappa shape index (κ2) is 7.03. The molecule has 0 saturated heterocycles. The van der Waals surface area contributed by atoms with E-state index in [2.05, 4.69) is 10.0 Å². The number of thiophene rings is 1. The fourth-order valence-electron chi connectivity index (χ4n) is 2.04. The Labute approximate surface area is 154 Å². The van der Waals surface area contributed by atoms with Crippen molar-refractivity contribution in [2.75, 3.05) is 10.0 Å². The van der Waals surface area contributed by atoms with Gasteiger partial charge in [-0.1, -0.05) is 29.3 Å². The van der Waals surface area contributed by atoms with Crippen LogP contribution in [0.1, 0.15) is 0 Å². The van der Waals surface area contributed by atoms with Crippen molar-refractivity contribution >= 4 is 61.6 Å². The van der Waals surface area contributed by atoms with E-state index in [0.29, 0.717) is 15.7 Å². The van der Waals surface area contributed by atoms with E-state index in [4.69, 9.17) is 23.2 Å². The van der Waals surface area contributed by atoms with E-state index in [1.807, 2.05) is 0 Å². The van der Waals surface area contributed by atoms with Gasteiger partial charge in [-0.05, 0) is 53.9 Å². The van der Waals surface area contributed by atoms with Crippen LogP contribution in [0.15, 0.2) is 64.2 Å². The van der Waals surface area contributed by atoms with E-state index >= 15 is 0 Å². The highest BCUT2D eigenvalue weighted by Gasteiger charge is 2.14. The van der Waals surface area contributed by atoms with Crippen LogP contribution < -0.4 is 10.0 Å². The van der Waals surface area contributed by atoms with Crippen LogP contribution in [0.3, 0.4) is 0 Å². The van der Waals surface area contributed by atoms with Crippen LogP contribution in [-0.4, -0.2) is 8.42 Å². The zero-order valence-corrected chi connectivity index (χ0v) is 15.3. The van der Waals surface area contributed by atoms with Crippen molar-refractivity contribution in [1.29, 1.82) is 0 Å². The summed E-state index contributed by atoms with van der Waals surface area (Å²) in [6.07, 6.45) is 0. The van der Waals surface area contributed by atoms with E-state index < -0.39 is 10.0 Å². The molecule has 1 heterocycles. The fraction of sp³-hybridized carbons (Fsp3) is 0. The highest BCUT2D eigenvalue weighted by atomic mass is 35.5. The van der Waals surface area contributed by atoms with Gasteiger partial charge >= 0.3 is 0 Å². The smallest absolute Gasteiger partial charge is 0.271 e. The summed E-state index contributed by atoms with van der Waals surface area (Å²) in [5, 5.41) is 5.94. The minimum atomic E-state index is -3.54. The number of benzene rings is 2. The number of halogens is 2. The third-order valence-electron chi connectivity index (χ3n) is 3.05. The zero-order valence-electron chi connectivity index (χ0n) is 12.2. The van der Waals surface area contributed by atoms with Crippen molar-refractivity contribution in [3.63, 3.8) is 0 Å². The Morgan fingerprint density at radius 2 is 1.46 bits per heavy atom. The molecule has 3 aromatic rings. The van der Waals surface area contributed by atoms with Crippen LogP contribution in [0.5, 0.6) is 0 Å². The van der Waals surface area contributed by atoms with Gasteiger partial charge in [0.1, 0.15) is 4.21 Å². The second-order valence-electron chi connectivity index (χ2n) is 4.90. The fourth-order valence-corrected chi connectivity index (χ4v) is 4.61. The standard InChI is InChI=1S/C16H12Cl2N2O2S2/c17-11-8-12(18)10-15(9-11)19-13-3-5-14(6-4-13)20-24(21,22)16-2-1-7-23-16/h1-10,19-20H. The van der Waals surface area contributed by atoms with Crippen LogP contribution in [0.2, 0.25) is 10.0 Å². The molecule has 0 saturated carbocycles. The lowest BCUT2D eigenvalue weighted by molar-refractivity contribution is 0.603. The molecule has 2 N–H and O–H groups in total. The molecule has 1 aromatic heterocycles. The highest BCUT2D eigenvalue weighted by molar-refractivity contribution is 7.94. The summed E-state index contributed by atoms with van der Waals surface area (Å²) in [7, 11) is -3.54. The first-order valence-corrected chi connectivity index (χ1v) is 9.94. The summed E-state index contributed by atoms with van der Waals surface area (Å²) < 4.78 is 27.2. The van der Waals surface area contributed by atoms with Crippen molar-refractivity contribution in [3.8, 4) is 0 Å². The predicted octanol–water partition coefficient (Wildman–Crippen LogP) is 5.60. The van der Waals surface area contributed by atoms with E-state index in [-0.39, 0.29) is 4.21 Å². The van der Waals surface area contributed by atoms with Crippen molar-refractivity contribution in [1.82, 2.24) is 0 Å². The summed E-state index contributed by atoms with van der Waals surface area (Å²) in [5.41, 5.74) is 2.02. The number of anilines is 3. The first-order valence-electron chi connectivity index (χ1n) is 6.82. The van der Waals surface area contributed by atoms with E-state index in [0.717, 1.165) is 11.4 Å². The molecule has 0 spiro atoms. The summed E-state index contributed by atoms with van der Waals surface area (Å²) in [4.78, 5) is 0. The van der Waals surface area contributed by atoms with Gasteiger partial charge in [0.15, 0.2) is 0 Å². The molecule has 3 rings (SSSR count). The first-order chi connectivity index (χ1) is 11.4. The molecule has 0 unspecified atom stereocenters. The van der Waals surface area contributed by atoms with Gasteiger partial charge in [-0.3, -0.25) is 4.72 Å². The number of rotatable bonds is 5. The van der Waals surface area contributed by atoms with Gasteiger partial charge in [0.2, 0.25) is 0 Å². The molecule has 2 aromatic carbocycles. The van der Waals surface area contributed by atoms with Gasteiger partial charge in [-0.2, -0.15) is 0 Å². The largest absolute Gasteiger partial charge is 0.355 e. The normalized spacial score (nSPS) is 11.2. The SMILES string of the molecule is O=S(=O)(Nc1ccc(Nc2cc(Cl)cc(Cl)c2)cc1)c1cccs1. The Morgan fingerprint density at radius 1 is 0.833 bits per heavy atom. The molecule has 0 amide bonds. The molecule has 0 fully saturated rings. The summed E-state index contributed by atoms with van der Waals surface area (Å²) in [5.74, 6) is 0. The zero-order chi connectivity index (χ0) is 17.2. The van der Waals surface area contributed by atoms with Crippen LogP contribution >= 0.6 is 34.5 Å². The van der Waals surface area contributed by atoms with Gasteiger partial charge in [0, 0.05) is 27.1 Å². The second-order valence-corrected chi connectivity index (χ2v) is 8.63. The Kier molecular flexibility index (Phi) is 5.01. The van der Waals surface area contributed by atoms with Crippen molar-refractivity contribution in [2.24, 2.45) is 0 Å². The summed E-state index contributed by atoms with van der Waals surface area (Å²) >= 11 is 13.1. The van der Waals surface area contributed by atoms with Crippen LogP contribution in [0.25, 0.3) is 0 Å². The van der Waals surface area contributed by atoms with E-state index in [9.17, 15) is 8.42 Å². The Bertz CT molecular complexity index is 920. The minimum absolute atomic E-state index is 0.276. The molecule has 0 radical (unpaired) electrons. The quantitative estimate of drug-likeness (QED) is 0.587. The molecular formula is C16H12Cl2N2O2S2. The molecule has 0 aliphatic rings. The highest BCUT2D eigenvalue weighted by Crippen LogP contribution is 2.26. The lowest BCUT2D eigenvalue weighted by Crippen LogP contribution is -2.11. The van der Waals surface area contributed by atoms with Crippen molar-refractivity contribution in [2.45, 2.75) is 4.21 Å². The van der Waals surface area contributed by atoms with Crippen LogP contribution in [0, 0.1) is 0 Å². The Balaban J connectivity index is 1.74. The van der Waals surface area contributed by atoms with Gasteiger partial charge in [-0.25, -0.2) is 8.42 Å². The maximum Gasteiger partial charge on any atom is 0.271 e. The van der Waals surface area contributed by atoms with E-state index in [1.165, 1.54) is 11.3 Å². The molecule has 0 atom stereocenters. The van der Waals surface area contributed by atoms with Gasteiger partial charge < -0.3 is 5.32 Å². The van der Waals surface area contributed by atoms with E-state index in [1.54, 1.807) is 60.0 Å². The molecule has 124 valence electrons. The third kappa shape index (κ3) is 4.21. The molecule has 8 heteroatoms. The Hall–Kier alpha value is -1.73. The molecule has 4 nitrogen and oxygen atoms in total. The van der Waals surface area contributed by atoms with Gasteiger partial charge in [0.05, 0.1) is 0 Å². The molecule has 0 aliphatic heterocycles. The third-order valence-corrected chi connectivity index (χ3v) is 6.26. The monoisotopic (exact) mass is 398 g/mol. The first kappa shape index (κ1) is 17.1. The number of sulfonamides is 1. The number of nitrogens with one attached hydrogen (secondary N) is 2. The summed E-state index contributed by atoms with van der Waals surface area (Å²) in [6.45, 7) is 0. The number of hydrogen-bond acceptors (Lipinski definition) is 4. The summed E-state index contributed by atoms with van der Waals surface area (Å²) in [6, 6.07) is 15.3. The molecule has 0 bridgehead atoms. The molecule has 0 aliphatic carbocycles. The van der Waals surface area contributed by atoms with Gasteiger partial charge in [0.25, 0.3) is 10.0 Å². The average Bonchev–Trinajstić information content (AvgIpc) is 3.03. The van der Waals surface area contributed by atoms with Crippen molar-refractivity contribution < 1.29 is 8.42 Å². The van der Waals surface area contributed by atoms with Crippen LogP contribution in [0.4, 0.5) is 17.1 Å². The topological polar surface area (TPSA) is 58.2 Å². The van der Waals surface area contributed by atoms with Crippen molar-refractivity contribution in [3.05, 3.63) is 70.0 Å². The lowest BCUT2D eigenvalue weighted by Gasteiger charge is -2.10. The Morgan fingerprint density at radius 3 is 2.04 bits per heavy atom. The minimum Gasteiger partial charge on any atom is -0.355 e.